The van der Waals surface area contributed by atoms with Crippen LogP contribution in [0, 0.1) is 6.92 Å². The van der Waals surface area contributed by atoms with Crippen LogP contribution in [-0.2, 0) is 22.4 Å². The summed E-state index contributed by atoms with van der Waals surface area (Å²) in [7, 11) is 0. The van der Waals surface area contributed by atoms with E-state index in [1.807, 2.05) is 37.3 Å². The summed E-state index contributed by atoms with van der Waals surface area (Å²) in [5.74, 6) is 0.256. The van der Waals surface area contributed by atoms with Gasteiger partial charge in [0.05, 0.1) is 0 Å². The normalized spacial score (nSPS) is 17.0. The van der Waals surface area contributed by atoms with Gasteiger partial charge in [-0.05, 0) is 61.4 Å². The van der Waals surface area contributed by atoms with Crippen molar-refractivity contribution in [1.29, 1.82) is 0 Å². The van der Waals surface area contributed by atoms with Gasteiger partial charge >= 0.3 is 5.97 Å². The van der Waals surface area contributed by atoms with E-state index in [0.29, 0.717) is 5.75 Å². The number of benzene rings is 3. The maximum Gasteiger partial charge on any atom is 0.343 e. The fraction of sp³-hybridized carbons (Fsp3) is 0.367. The number of hydrogen-bond donors (Lipinski definition) is 0. The Morgan fingerprint density at radius 1 is 0.758 bits per heavy atom. The number of esters is 1. The highest BCUT2D eigenvalue weighted by molar-refractivity contribution is 5.80. The van der Waals surface area contributed by atoms with E-state index < -0.39 is 6.10 Å². The van der Waals surface area contributed by atoms with Gasteiger partial charge in [-0.2, -0.15) is 0 Å². The van der Waals surface area contributed by atoms with Crippen LogP contribution in [0.4, 0.5) is 0 Å². The third-order valence-corrected chi connectivity index (χ3v) is 6.33. The topological polar surface area (TPSA) is 38.8 Å². The number of carbonyl (C=O) groups is 1. The molecule has 0 N–H and O–H groups in total. The number of unbranched alkanes of at least 4 members (excludes halogenated alkanes) is 5. The largest absolute Gasteiger partial charge is 0.425 e. The van der Waals surface area contributed by atoms with Gasteiger partial charge in [-0.3, -0.25) is 0 Å². The van der Waals surface area contributed by atoms with Crippen LogP contribution in [0.1, 0.15) is 66.9 Å². The Balaban J connectivity index is 1.16. The van der Waals surface area contributed by atoms with Gasteiger partial charge in [0.15, 0.2) is 6.10 Å². The van der Waals surface area contributed by atoms with Gasteiger partial charge in [0.25, 0.3) is 0 Å². The standard InChI is InChI=1S/C30H34O3/c1-23-19-21-26(22-20-23)32-30(31)29-28(33-29)27-18-12-11-17-25(27)16-10-5-3-2-4-7-13-24-14-8-6-9-15-24/h6,8-9,11-12,14-15,17-22,28-29H,2-5,7,10,13,16H2,1H3. The molecule has 4 rings (SSSR count). The molecule has 2 atom stereocenters. The summed E-state index contributed by atoms with van der Waals surface area (Å²) in [6.07, 6.45) is 9.08. The van der Waals surface area contributed by atoms with Crippen molar-refractivity contribution in [3.8, 4) is 5.75 Å². The van der Waals surface area contributed by atoms with Gasteiger partial charge in [0.1, 0.15) is 11.9 Å². The monoisotopic (exact) mass is 442 g/mol. The molecule has 2 unspecified atom stereocenters. The summed E-state index contributed by atoms with van der Waals surface area (Å²) in [5.41, 5.74) is 5.00. The Morgan fingerprint density at radius 3 is 2.15 bits per heavy atom. The predicted molar refractivity (Wildman–Crippen MR) is 132 cm³/mol. The molecule has 0 amide bonds. The van der Waals surface area contributed by atoms with Gasteiger partial charge in [0.2, 0.25) is 0 Å². The molecule has 1 saturated heterocycles. The molecule has 3 aromatic carbocycles. The summed E-state index contributed by atoms with van der Waals surface area (Å²) in [6.45, 7) is 2.01. The third-order valence-electron chi connectivity index (χ3n) is 6.33. The van der Waals surface area contributed by atoms with E-state index in [-0.39, 0.29) is 12.1 Å². The van der Waals surface area contributed by atoms with Gasteiger partial charge < -0.3 is 9.47 Å². The van der Waals surface area contributed by atoms with Crippen molar-refractivity contribution in [3.05, 3.63) is 101 Å². The summed E-state index contributed by atoms with van der Waals surface area (Å²) in [6, 6.07) is 26.6. The zero-order valence-electron chi connectivity index (χ0n) is 19.5. The molecule has 1 aliphatic rings. The maximum absolute atomic E-state index is 12.5. The van der Waals surface area contributed by atoms with E-state index in [4.69, 9.17) is 9.47 Å². The molecule has 1 fully saturated rings. The minimum absolute atomic E-state index is 0.183. The molecular formula is C30H34O3. The Hall–Kier alpha value is -2.91. The lowest BCUT2D eigenvalue weighted by molar-refractivity contribution is -0.135. The number of rotatable bonds is 12. The number of hydrogen-bond acceptors (Lipinski definition) is 3. The van der Waals surface area contributed by atoms with Crippen molar-refractivity contribution >= 4 is 5.97 Å². The van der Waals surface area contributed by atoms with E-state index >= 15 is 0 Å². The molecule has 0 radical (unpaired) electrons. The van der Waals surface area contributed by atoms with Gasteiger partial charge in [0, 0.05) is 0 Å². The molecule has 33 heavy (non-hydrogen) atoms. The SMILES string of the molecule is Cc1ccc(OC(=O)C2OC2c2ccccc2CCCCCCCCc2ccccc2)cc1. The van der Waals surface area contributed by atoms with E-state index in [9.17, 15) is 4.79 Å². The van der Waals surface area contributed by atoms with Crippen LogP contribution in [0.15, 0.2) is 78.9 Å². The highest BCUT2D eigenvalue weighted by Gasteiger charge is 2.48. The molecule has 0 aliphatic carbocycles. The zero-order chi connectivity index (χ0) is 22.9. The molecule has 3 heteroatoms. The van der Waals surface area contributed by atoms with Gasteiger partial charge in [-0.15, -0.1) is 0 Å². The Labute approximate surface area is 197 Å². The van der Waals surface area contributed by atoms with Gasteiger partial charge in [-0.1, -0.05) is 98.0 Å². The third kappa shape index (κ3) is 7.03. The summed E-state index contributed by atoms with van der Waals surface area (Å²) in [4.78, 5) is 12.5. The zero-order valence-corrected chi connectivity index (χ0v) is 19.5. The smallest absolute Gasteiger partial charge is 0.343 e. The van der Waals surface area contributed by atoms with Crippen molar-refractivity contribution in [2.45, 2.75) is 70.5 Å². The molecule has 172 valence electrons. The molecule has 0 saturated carbocycles. The lowest BCUT2D eigenvalue weighted by atomic mass is 9.97. The average Bonchev–Trinajstić information content (AvgIpc) is 3.64. The molecule has 1 heterocycles. The average molecular weight is 443 g/mol. The second-order valence-electron chi connectivity index (χ2n) is 9.02. The van der Waals surface area contributed by atoms with Crippen LogP contribution in [0.25, 0.3) is 0 Å². The lowest BCUT2D eigenvalue weighted by Gasteiger charge is -2.08. The van der Waals surface area contributed by atoms with E-state index in [1.54, 1.807) is 0 Å². The molecule has 0 aromatic heterocycles. The first-order valence-corrected chi connectivity index (χ1v) is 12.3. The number of ether oxygens (including phenoxy) is 2. The van der Waals surface area contributed by atoms with Crippen LogP contribution >= 0.6 is 0 Å². The fourth-order valence-corrected chi connectivity index (χ4v) is 4.34. The molecule has 3 nitrogen and oxygen atoms in total. The summed E-state index contributed by atoms with van der Waals surface area (Å²) >= 11 is 0. The summed E-state index contributed by atoms with van der Waals surface area (Å²) < 4.78 is 11.2. The molecule has 1 aliphatic heterocycles. The second-order valence-corrected chi connectivity index (χ2v) is 9.02. The van der Waals surface area contributed by atoms with E-state index in [0.717, 1.165) is 17.5 Å². The van der Waals surface area contributed by atoms with Gasteiger partial charge in [-0.25, -0.2) is 4.79 Å². The van der Waals surface area contributed by atoms with E-state index in [2.05, 4.69) is 48.5 Å². The van der Waals surface area contributed by atoms with Crippen molar-refractivity contribution < 1.29 is 14.3 Å². The quantitative estimate of drug-likeness (QED) is 0.129. The van der Waals surface area contributed by atoms with Crippen LogP contribution in [0.2, 0.25) is 0 Å². The minimum atomic E-state index is -0.503. The molecule has 0 bridgehead atoms. The highest BCUT2D eigenvalue weighted by Crippen LogP contribution is 2.41. The Kier molecular flexibility index (Phi) is 8.32. The summed E-state index contributed by atoms with van der Waals surface area (Å²) in [5, 5.41) is 0. The van der Waals surface area contributed by atoms with Crippen molar-refractivity contribution in [3.63, 3.8) is 0 Å². The molecular weight excluding hydrogens is 408 g/mol. The van der Waals surface area contributed by atoms with Crippen molar-refractivity contribution in [2.24, 2.45) is 0 Å². The fourth-order valence-electron chi connectivity index (χ4n) is 4.34. The lowest BCUT2D eigenvalue weighted by Crippen LogP contribution is -2.15. The van der Waals surface area contributed by atoms with E-state index in [1.165, 1.54) is 56.1 Å². The molecule has 0 spiro atoms. The van der Waals surface area contributed by atoms with Crippen molar-refractivity contribution in [2.75, 3.05) is 0 Å². The van der Waals surface area contributed by atoms with Crippen LogP contribution in [0.3, 0.4) is 0 Å². The van der Waals surface area contributed by atoms with Crippen LogP contribution in [-0.4, -0.2) is 12.1 Å². The number of aryl methyl sites for hydroxylation is 3. The molecule has 3 aromatic rings. The first-order chi connectivity index (χ1) is 16.2. The van der Waals surface area contributed by atoms with Crippen LogP contribution in [0.5, 0.6) is 5.75 Å². The van der Waals surface area contributed by atoms with Crippen molar-refractivity contribution in [1.82, 2.24) is 0 Å². The van der Waals surface area contributed by atoms with Crippen LogP contribution < -0.4 is 4.74 Å². The first-order valence-electron chi connectivity index (χ1n) is 12.3. The highest BCUT2D eigenvalue weighted by atomic mass is 16.6. The maximum atomic E-state index is 12.5. The number of epoxide rings is 1. The Morgan fingerprint density at radius 2 is 1.39 bits per heavy atom. The number of carbonyl (C=O) groups excluding carboxylic acids is 1. The minimum Gasteiger partial charge on any atom is -0.425 e. The second kappa shape index (κ2) is 11.8. The Bertz CT molecular complexity index is 1010. The first kappa shape index (κ1) is 23.3. The predicted octanol–water partition coefficient (Wildman–Crippen LogP) is 7.17.